The highest BCUT2D eigenvalue weighted by atomic mass is 35.5. The van der Waals surface area contributed by atoms with E-state index in [4.69, 9.17) is 39.5 Å². The lowest BCUT2D eigenvalue weighted by molar-refractivity contribution is -0.130. The summed E-state index contributed by atoms with van der Waals surface area (Å²) in [5, 5.41) is 3.67. The molecule has 0 atom stereocenters. The molecule has 0 aliphatic rings. The summed E-state index contributed by atoms with van der Waals surface area (Å²) in [4.78, 5) is 35.3. The Balaban J connectivity index is 1.67. The number of halogens is 3. The molecule has 2 rings (SSSR count). The normalized spacial score (nSPS) is 10.1. The molecule has 0 aliphatic carbocycles. The van der Waals surface area contributed by atoms with Gasteiger partial charge in [-0.1, -0.05) is 46.9 Å². The lowest BCUT2D eigenvalue weighted by Crippen LogP contribution is -2.44. The van der Waals surface area contributed by atoms with Gasteiger partial charge in [0.25, 0.3) is 5.91 Å². The molecule has 0 saturated carbocycles. The smallest absolute Gasteiger partial charge is 0.276 e. The van der Waals surface area contributed by atoms with Gasteiger partial charge in [-0.15, -0.1) is 0 Å². The Labute approximate surface area is 176 Å². The summed E-state index contributed by atoms with van der Waals surface area (Å²) < 4.78 is 5.23. The quantitative estimate of drug-likeness (QED) is 0.569. The number of carbonyl (C=O) groups excluding carboxylic acids is 3. The highest BCUT2D eigenvalue weighted by Crippen LogP contribution is 2.25. The highest BCUT2D eigenvalue weighted by Gasteiger charge is 2.11. The molecule has 0 bridgehead atoms. The largest absolute Gasteiger partial charge is 0.482 e. The Kier molecular flexibility index (Phi) is 8.38. The lowest BCUT2D eigenvalue weighted by atomic mass is 10.2. The molecular weight excluding hydrogens is 429 g/mol. The van der Waals surface area contributed by atoms with E-state index in [9.17, 15) is 14.4 Å². The van der Waals surface area contributed by atoms with Crippen LogP contribution in [0.5, 0.6) is 5.75 Å². The van der Waals surface area contributed by atoms with E-state index in [1.54, 1.807) is 36.4 Å². The van der Waals surface area contributed by atoms with Gasteiger partial charge in [0.2, 0.25) is 11.8 Å². The van der Waals surface area contributed by atoms with Crippen LogP contribution in [-0.2, 0) is 14.4 Å². The summed E-state index contributed by atoms with van der Waals surface area (Å²) in [5.41, 5.74) is 4.77. The summed E-state index contributed by atoms with van der Waals surface area (Å²) in [6, 6.07) is 11.3. The Hall–Kier alpha value is -2.48. The van der Waals surface area contributed by atoms with Crippen LogP contribution in [0.25, 0.3) is 0 Å². The topological polar surface area (TPSA) is 96.5 Å². The van der Waals surface area contributed by atoms with Crippen molar-refractivity contribution < 1.29 is 19.1 Å². The van der Waals surface area contributed by atoms with Crippen LogP contribution in [0.4, 0.5) is 5.69 Å². The first-order valence-electron chi connectivity index (χ1n) is 8.05. The van der Waals surface area contributed by atoms with Gasteiger partial charge in [-0.25, -0.2) is 0 Å². The molecule has 28 heavy (non-hydrogen) atoms. The third-order valence-corrected chi connectivity index (χ3v) is 4.18. The summed E-state index contributed by atoms with van der Waals surface area (Å²) in [6.07, 6.45) is -0.237. The van der Waals surface area contributed by atoms with Gasteiger partial charge in [-0.3, -0.25) is 25.2 Å². The van der Waals surface area contributed by atoms with Crippen molar-refractivity contribution in [1.29, 1.82) is 0 Å². The molecule has 3 N–H and O–H groups in total. The van der Waals surface area contributed by atoms with Gasteiger partial charge in [0.1, 0.15) is 5.75 Å². The summed E-state index contributed by atoms with van der Waals surface area (Å²) in [5.74, 6) is -1.18. The molecule has 2 aromatic carbocycles. The molecule has 0 saturated heterocycles. The molecule has 0 heterocycles. The molecule has 2 aromatic rings. The molecule has 0 fully saturated rings. The molecule has 0 aromatic heterocycles. The minimum Gasteiger partial charge on any atom is -0.482 e. The number of hydrazine groups is 1. The van der Waals surface area contributed by atoms with Crippen molar-refractivity contribution in [3.63, 3.8) is 0 Å². The zero-order chi connectivity index (χ0) is 20.5. The maximum atomic E-state index is 11.9. The molecule has 10 heteroatoms. The Bertz CT molecular complexity index is 877. The summed E-state index contributed by atoms with van der Waals surface area (Å²) in [6.45, 7) is -0.334. The monoisotopic (exact) mass is 443 g/mol. The van der Waals surface area contributed by atoms with E-state index in [1.807, 2.05) is 0 Å². The number of carbonyl (C=O) groups is 3. The van der Waals surface area contributed by atoms with E-state index in [-0.39, 0.29) is 24.5 Å². The van der Waals surface area contributed by atoms with E-state index < -0.39 is 17.7 Å². The van der Waals surface area contributed by atoms with Crippen molar-refractivity contribution in [1.82, 2.24) is 10.9 Å². The first-order chi connectivity index (χ1) is 13.3. The fourth-order valence-electron chi connectivity index (χ4n) is 1.97. The number of rotatable bonds is 7. The van der Waals surface area contributed by atoms with Crippen LogP contribution >= 0.6 is 34.8 Å². The van der Waals surface area contributed by atoms with Crippen LogP contribution < -0.4 is 20.9 Å². The van der Waals surface area contributed by atoms with Gasteiger partial charge in [-0.2, -0.15) is 0 Å². The van der Waals surface area contributed by atoms with Gasteiger partial charge in [-0.05, 0) is 30.3 Å². The zero-order valence-electron chi connectivity index (χ0n) is 14.4. The predicted octanol–water partition coefficient (Wildman–Crippen LogP) is 3.59. The fraction of sp³-hybridized carbons (Fsp3) is 0.167. The van der Waals surface area contributed by atoms with E-state index in [0.29, 0.717) is 21.5 Å². The zero-order valence-corrected chi connectivity index (χ0v) is 16.7. The number of benzene rings is 2. The first-order valence-corrected chi connectivity index (χ1v) is 9.18. The third kappa shape index (κ3) is 7.26. The molecule has 3 amide bonds. The molecule has 0 unspecified atom stereocenters. The lowest BCUT2D eigenvalue weighted by Gasteiger charge is -2.10. The van der Waals surface area contributed by atoms with Gasteiger partial charge in [0.15, 0.2) is 6.61 Å². The van der Waals surface area contributed by atoms with E-state index in [2.05, 4.69) is 16.2 Å². The maximum absolute atomic E-state index is 11.9. The number of amides is 3. The third-order valence-electron chi connectivity index (χ3n) is 3.32. The Morgan fingerprint density at radius 3 is 2.21 bits per heavy atom. The number of ether oxygens (including phenoxy) is 1. The van der Waals surface area contributed by atoms with E-state index in [1.165, 1.54) is 6.07 Å². The fourth-order valence-corrected chi connectivity index (χ4v) is 2.62. The molecule has 7 nitrogen and oxygen atoms in total. The average Bonchev–Trinajstić information content (AvgIpc) is 2.66. The second kappa shape index (κ2) is 10.8. The molecule has 0 aliphatic heterocycles. The van der Waals surface area contributed by atoms with Crippen molar-refractivity contribution in [2.45, 2.75) is 12.8 Å². The van der Waals surface area contributed by atoms with Gasteiger partial charge in [0.05, 0.1) is 15.7 Å². The van der Waals surface area contributed by atoms with Crippen LogP contribution in [0.2, 0.25) is 15.1 Å². The van der Waals surface area contributed by atoms with Gasteiger partial charge in [0, 0.05) is 17.9 Å². The van der Waals surface area contributed by atoms with Crippen molar-refractivity contribution in [3.05, 3.63) is 57.5 Å². The SMILES string of the molecule is O=C(CCC(=O)Nc1ccc(Cl)cc1Cl)NNC(=O)COc1ccccc1Cl. The van der Waals surface area contributed by atoms with Crippen LogP contribution in [0.15, 0.2) is 42.5 Å². The maximum Gasteiger partial charge on any atom is 0.276 e. The number of nitrogens with one attached hydrogen (secondary N) is 3. The van der Waals surface area contributed by atoms with Crippen LogP contribution in [0, 0.1) is 0 Å². The van der Waals surface area contributed by atoms with Crippen molar-refractivity contribution in [2.75, 3.05) is 11.9 Å². The molecule has 148 valence electrons. The second-order valence-corrected chi connectivity index (χ2v) is 6.74. The van der Waals surface area contributed by atoms with Crippen LogP contribution in [0.3, 0.4) is 0 Å². The van der Waals surface area contributed by atoms with Crippen LogP contribution in [0.1, 0.15) is 12.8 Å². The van der Waals surface area contributed by atoms with Gasteiger partial charge >= 0.3 is 0 Å². The summed E-state index contributed by atoms with van der Waals surface area (Å²) in [7, 11) is 0. The van der Waals surface area contributed by atoms with Crippen molar-refractivity contribution in [2.24, 2.45) is 0 Å². The highest BCUT2D eigenvalue weighted by molar-refractivity contribution is 6.36. The van der Waals surface area contributed by atoms with Crippen molar-refractivity contribution in [3.8, 4) is 5.75 Å². The predicted molar refractivity (Wildman–Crippen MR) is 108 cm³/mol. The van der Waals surface area contributed by atoms with Gasteiger partial charge < -0.3 is 10.1 Å². The minimum absolute atomic E-state index is 0.100. The first kappa shape index (κ1) is 21.8. The van der Waals surface area contributed by atoms with E-state index in [0.717, 1.165) is 0 Å². The second-order valence-electron chi connectivity index (χ2n) is 5.49. The summed E-state index contributed by atoms with van der Waals surface area (Å²) >= 11 is 17.6. The average molecular weight is 445 g/mol. The number of hydrogen-bond acceptors (Lipinski definition) is 4. The number of anilines is 1. The van der Waals surface area contributed by atoms with Crippen LogP contribution in [-0.4, -0.2) is 24.3 Å². The molecular formula is C18H16Cl3N3O4. The Morgan fingerprint density at radius 1 is 0.821 bits per heavy atom. The minimum atomic E-state index is -0.578. The van der Waals surface area contributed by atoms with E-state index >= 15 is 0 Å². The number of hydrogen-bond donors (Lipinski definition) is 3. The number of para-hydroxylation sites is 1. The molecule has 0 spiro atoms. The molecule has 0 radical (unpaired) electrons. The van der Waals surface area contributed by atoms with Crippen molar-refractivity contribution >= 4 is 58.2 Å². The standard InChI is InChI=1S/C18H16Cl3N3O4/c19-11-5-6-14(13(21)9-11)22-16(25)7-8-17(26)23-24-18(27)10-28-15-4-2-1-3-12(15)20/h1-6,9H,7-8,10H2,(H,22,25)(H,23,26)(H,24,27). The Morgan fingerprint density at radius 2 is 1.50 bits per heavy atom.